The molecule has 0 aliphatic carbocycles. The van der Waals surface area contributed by atoms with E-state index in [0.717, 1.165) is 16.6 Å². The predicted octanol–water partition coefficient (Wildman–Crippen LogP) is 3.39. The van der Waals surface area contributed by atoms with E-state index in [4.69, 9.17) is 11.6 Å². The fourth-order valence-corrected chi connectivity index (χ4v) is 2.63. The van der Waals surface area contributed by atoms with Gasteiger partial charge in [-0.15, -0.1) is 0 Å². The first kappa shape index (κ1) is 13.6. The summed E-state index contributed by atoms with van der Waals surface area (Å²) in [7, 11) is 1.74. The van der Waals surface area contributed by atoms with E-state index < -0.39 is 0 Å². The van der Waals surface area contributed by atoms with Crippen molar-refractivity contribution < 1.29 is 0 Å². The smallest absolute Gasteiger partial charge is 0.354 e. The summed E-state index contributed by atoms with van der Waals surface area (Å²) in [4.78, 5) is 16.5. The molecule has 0 atom stereocenters. The molecular formula is C16H14ClN3O. The fourth-order valence-electron chi connectivity index (χ4n) is 2.38. The van der Waals surface area contributed by atoms with Crippen LogP contribution in [0.15, 0.2) is 47.3 Å². The van der Waals surface area contributed by atoms with Gasteiger partial charge < -0.3 is 5.32 Å². The largest absolute Gasteiger partial charge is 0.372 e. The number of fused-ring (bicyclic) bond motifs is 1. The highest BCUT2D eigenvalue weighted by Crippen LogP contribution is 2.30. The molecule has 21 heavy (non-hydrogen) atoms. The van der Waals surface area contributed by atoms with Gasteiger partial charge in [0.05, 0.1) is 16.2 Å². The van der Waals surface area contributed by atoms with Gasteiger partial charge in [0.15, 0.2) is 0 Å². The first-order valence-electron chi connectivity index (χ1n) is 6.58. The van der Waals surface area contributed by atoms with Gasteiger partial charge in [-0.25, -0.2) is 4.79 Å². The molecule has 0 aliphatic rings. The summed E-state index contributed by atoms with van der Waals surface area (Å²) in [6.07, 6.45) is 0. The van der Waals surface area contributed by atoms with Crippen molar-refractivity contribution >= 4 is 28.3 Å². The summed E-state index contributed by atoms with van der Waals surface area (Å²) >= 11 is 6.47. The first-order valence-corrected chi connectivity index (χ1v) is 6.96. The Morgan fingerprint density at radius 2 is 1.86 bits per heavy atom. The summed E-state index contributed by atoms with van der Waals surface area (Å²) in [5, 5.41) is 4.33. The molecule has 1 aromatic heterocycles. The van der Waals surface area contributed by atoms with E-state index in [1.54, 1.807) is 11.6 Å². The number of nitrogens with zero attached hydrogens (tertiary/aromatic N) is 2. The molecule has 0 fully saturated rings. The molecule has 0 amide bonds. The van der Waals surface area contributed by atoms with Crippen LogP contribution in [-0.4, -0.2) is 16.6 Å². The number of anilines is 1. The molecule has 3 aromatic rings. The number of benzene rings is 2. The Morgan fingerprint density at radius 3 is 2.52 bits per heavy atom. The molecule has 1 heterocycles. The minimum Gasteiger partial charge on any atom is -0.372 e. The monoisotopic (exact) mass is 299 g/mol. The van der Waals surface area contributed by atoms with E-state index in [1.807, 2.05) is 49.4 Å². The van der Waals surface area contributed by atoms with Crippen LogP contribution in [0.5, 0.6) is 0 Å². The summed E-state index contributed by atoms with van der Waals surface area (Å²) in [6.45, 7) is 1.92. The van der Waals surface area contributed by atoms with Crippen LogP contribution in [0.3, 0.4) is 0 Å². The van der Waals surface area contributed by atoms with Crippen LogP contribution in [0.2, 0.25) is 5.02 Å². The van der Waals surface area contributed by atoms with Crippen LogP contribution in [-0.2, 0) is 0 Å². The predicted molar refractivity (Wildman–Crippen MR) is 86.6 cm³/mol. The molecular weight excluding hydrogens is 286 g/mol. The van der Waals surface area contributed by atoms with Crippen molar-refractivity contribution in [2.75, 3.05) is 12.4 Å². The number of halogens is 1. The molecule has 4 nitrogen and oxygen atoms in total. The topological polar surface area (TPSA) is 46.9 Å². The van der Waals surface area contributed by atoms with Gasteiger partial charge in [-0.2, -0.15) is 4.98 Å². The highest BCUT2D eigenvalue weighted by molar-refractivity contribution is 6.36. The molecule has 5 heteroatoms. The lowest BCUT2D eigenvalue weighted by Gasteiger charge is -2.14. The van der Waals surface area contributed by atoms with E-state index in [0.29, 0.717) is 16.4 Å². The summed E-state index contributed by atoms with van der Waals surface area (Å²) in [6, 6.07) is 13.2. The number of nitrogens with one attached hydrogen (secondary N) is 1. The summed E-state index contributed by atoms with van der Waals surface area (Å²) in [5.41, 5.74) is 1.98. The maximum absolute atomic E-state index is 12.4. The van der Waals surface area contributed by atoms with Crippen LogP contribution in [0.1, 0.15) is 5.56 Å². The van der Waals surface area contributed by atoms with Gasteiger partial charge in [0.2, 0.25) is 0 Å². The highest BCUT2D eigenvalue weighted by Gasteiger charge is 2.15. The summed E-state index contributed by atoms with van der Waals surface area (Å²) in [5.74, 6) is 0.532. The van der Waals surface area contributed by atoms with Crippen molar-refractivity contribution in [2.24, 2.45) is 0 Å². The molecule has 0 spiro atoms. The van der Waals surface area contributed by atoms with E-state index in [-0.39, 0.29) is 5.69 Å². The Bertz CT molecular complexity index is 872. The van der Waals surface area contributed by atoms with Crippen molar-refractivity contribution in [1.29, 1.82) is 0 Å². The van der Waals surface area contributed by atoms with Gasteiger partial charge in [0.1, 0.15) is 5.82 Å². The van der Waals surface area contributed by atoms with Crippen molar-refractivity contribution in [3.8, 4) is 5.69 Å². The van der Waals surface area contributed by atoms with Crippen LogP contribution in [0, 0.1) is 6.92 Å². The molecule has 0 radical (unpaired) electrons. The van der Waals surface area contributed by atoms with Gasteiger partial charge in [-0.3, -0.25) is 4.57 Å². The molecule has 0 bridgehead atoms. The number of rotatable bonds is 2. The number of hydrogen-bond donors (Lipinski definition) is 1. The lowest BCUT2D eigenvalue weighted by Crippen LogP contribution is -2.23. The molecule has 0 saturated heterocycles. The minimum atomic E-state index is -0.356. The Balaban J connectivity index is 2.53. The molecule has 0 saturated carbocycles. The second-order valence-corrected chi connectivity index (χ2v) is 5.13. The maximum atomic E-state index is 12.4. The standard InChI is InChI=1S/C16H14ClN3O/c1-10-8-9-12-14(13(10)17)20(11-6-4-3-5-7-11)16(21)19-15(12)18-2/h3-9H,1-2H3,(H,18,19,21). The maximum Gasteiger partial charge on any atom is 0.354 e. The average molecular weight is 300 g/mol. The third-order valence-corrected chi connectivity index (χ3v) is 3.91. The summed E-state index contributed by atoms with van der Waals surface area (Å²) < 4.78 is 1.55. The molecule has 0 aliphatic heterocycles. The zero-order valence-corrected chi connectivity index (χ0v) is 12.5. The quantitative estimate of drug-likeness (QED) is 0.789. The van der Waals surface area contributed by atoms with Crippen molar-refractivity contribution in [2.45, 2.75) is 6.92 Å². The Kier molecular flexibility index (Phi) is 3.39. The van der Waals surface area contributed by atoms with Gasteiger partial charge in [0.25, 0.3) is 0 Å². The van der Waals surface area contributed by atoms with Crippen molar-refractivity contribution in [3.63, 3.8) is 0 Å². The van der Waals surface area contributed by atoms with Crippen LogP contribution >= 0.6 is 11.6 Å². The third-order valence-electron chi connectivity index (χ3n) is 3.44. The average Bonchev–Trinajstić information content (AvgIpc) is 2.51. The van der Waals surface area contributed by atoms with Crippen LogP contribution in [0.25, 0.3) is 16.6 Å². The van der Waals surface area contributed by atoms with Gasteiger partial charge in [-0.05, 0) is 30.7 Å². The third kappa shape index (κ3) is 2.17. The van der Waals surface area contributed by atoms with E-state index in [9.17, 15) is 4.79 Å². The van der Waals surface area contributed by atoms with E-state index >= 15 is 0 Å². The molecule has 106 valence electrons. The highest BCUT2D eigenvalue weighted by atomic mass is 35.5. The van der Waals surface area contributed by atoms with E-state index in [2.05, 4.69) is 10.3 Å². The molecule has 2 aromatic carbocycles. The number of para-hydroxylation sites is 1. The van der Waals surface area contributed by atoms with Gasteiger partial charge >= 0.3 is 5.69 Å². The normalized spacial score (nSPS) is 10.8. The molecule has 0 unspecified atom stereocenters. The second kappa shape index (κ2) is 5.22. The van der Waals surface area contributed by atoms with Crippen LogP contribution in [0.4, 0.5) is 5.82 Å². The lowest BCUT2D eigenvalue weighted by atomic mass is 10.1. The van der Waals surface area contributed by atoms with Crippen LogP contribution < -0.4 is 11.0 Å². The molecule has 3 rings (SSSR count). The first-order chi connectivity index (χ1) is 10.1. The van der Waals surface area contributed by atoms with E-state index in [1.165, 1.54) is 0 Å². The Hall–Kier alpha value is -2.33. The Labute approximate surface area is 127 Å². The minimum absolute atomic E-state index is 0.356. The zero-order valence-electron chi connectivity index (χ0n) is 11.7. The Morgan fingerprint density at radius 1 is 1.14 bits per heavy atom. The number of aryl methyl sites for hydroxylation is 1. The lowest BCUT2D eigenvalue weighted by molar-refractivity contribution is 0.960. The fraction of sp³-hybridized carbons (Fsp3) is 0.125. The van der Waals surface area contributed by atoms with Crippen molar-refractivity contribution in [3.05, 3.63) is 63.5 Å². The molecule has 1 N–H and O–H groups in total. The van der Waals surface area contributed by atoms with Gasteiger partial charge in [0, 0.05) is 12.4 Å². The van der Waals surface area contributed by atoms with Gasteiger partial charge in [-0.1, -0.05) is 35.9 Å². The number of hydrogen-bond acceptors (Lipinski definition) is 3. The SMILES string of the molecule is CNc1nc(=O)n(-c2ccccc2)c2c(Cl)c(C)ccc12. The zero-order chi connectivity index (χ0) is 15.0. The van der Waals surface area contributed by atoms with Crippen molar-refractivity contribution in [1.82, 2.24) is 9.55 Å². The number of aromatic nitrogens is 2. The second-order valence-electron chi connectivity index (χ2n) is 4.76.